The van der Waals surface area contributed by atoms with Crippen molar-refractivity contribution >= 4 is 23.7 Å². The molecule has 3 aliphatic rings. The molecule has 3 aliphatic heterocycles. The van der Waals surface area contributed by atoms with Gasteiger partial charge in [-0.3, -0.25) is 14.5 Å². The molecule has 0 aliphatic carbocycles. The Hall–Kier alpha value is -3.20. The molecule has 1 aromatic rings. The van der Waals surface area contributed by atoms with E-state index in [9.17, 15) is 14.4 Å². The lowest BCUT2D eigenvalue weighted by atomic mass is 10.1. The van der Waals surface area contributed by atoms with Crippen molar-refractivity contribution in [2.75, 3.05) is 33.2 Å². The van der Waals surface area contributed by atoms with Crippen LogP contribution in [0.1, 0.15) is 30.1 Å². The minimum absolute atomic E-state index is 0.0488. The van der Waals surface area contributed by atoms with Crippen LogP contribution in [0.5, 0.6) is 0 Å². The van der Waals surface area contributed by atoms with Crippen LogP contribution in [0, 0.1) is 0 Å². The number of aliphatic imine (C=N–C) groups is 1. The van der Waals surface area contributed by atoms with Crippen molar-refractivity contribution in [1.29, 1.82) is 0 Å². The largest absolute Gasteiger partial charge is 0.341 e. The number of benzene rings is 1. The second kappa shape index (κ2) is 9.12. The number of allylic oxidation sites excluding steroid dienone is 1. The number of likely N-dealkylation sites (N-methyl/N-ethyl adjacent to an activating group) is 1. The Morgan fingerprint density at radius 3 is 2.69 bits per heavy atom. The highest BCUT2D eigenvalue weighted by atomic mass is 16.2. The summed E-state index contributed by atoms with van der Waals surface area (Å²) in [7, 11) is 1.63. The summed E-state index contributed by atoms with van der Waals surface area (Å²) in [5.74, 6) is 0.0183. The van der Waals surface area contributed by atoms with Gasteiger partial charge in [-0.1, -0.05) is 42.5 Å². The number of carbonyl (C=O) groups excluding carboxylic acids is 3. The van der Waals surface area contributed by atoms with Crippen LogP contribution in [0.15, 0.2) is 47.5 Å². The molecule has 2 N–H and O–H groups in total. The topological polar surface area (TPSA) is 103 Å². The van der Waals surface area contributed by atoms with E-state index in [0.717, 1.165) is 24.3 Å². The van der Waals surface area contributed by atoms with Gasteiger partial charge in [0.05, 0.1) is 6.54 Å². The number of nitrogens with two attached hydrogens (primary N) is 1. The van der Waals surface area contributed by atoms with Gasteiger partial charge in [-0.2, -0.15) is 0 Å². The molecule has 4 rings (SSSR count). The molecule has 0 spiro atoms. The summed E-state index contributed by atoms with van der Waals surface area (Å²) in [6, 6.07) is 7.56. The molecule has 0 saturated carbocycles. The lowest BCUT2D eigenvalue weighted by molar-refractivity contribution is -0.136. The Morgan fingerprint density at radius 2 is 2.00 bits per heavy atom. The van der Waals surface area contributed by atoms with Gasteiger partial charge in [0.2, 0.25) is 0 Å². The van der Waals surface area contributed by atoms with Gasteiger partial charge >= 0.3 is 6.03 Å². The Kier molecular flexibility index (Phi) is 6.27. The maximum atomic E-state index is 13.5. The first-order valence-electron chi connectivity index (χ1n) is 11.0. The second-order valence-corrected chi connectivity index (χ2v) is 8.46. The second-order valence-electron chi connectivity index (χ2n) is 8.46. The van der Waals surface area contributed by atoms with E-state index in [4.69, 9.17) is 10.7 Å². The number of hydrogen-bond acceptors (Lipinski definition) is 7. The van der Waals surface area contributed by atoms with E-state index in [-0.39, 0.29) is 18.4 Å². The van der Waals surface area contributed by atoms with Crippen molar-refractivity contribution in [2.24, 2.45) is 10.7 Å². The lowest BCUT2D eigenvalue weighted by Crippen LogP contribution is -2.66. The first kappa shape index (κ1) is 22.0. The van der Waals surface area contributed by atoms with Crippen LogP contribution in [0.25, 0.3) is 0 Å². The van der Waals surface area contributed by atoms with Crippen molar-refractivity contribution in [2.45, 2.75) is 38.0 Å². The molecule has 3 heterocycles. The summed E-state index contributed by atoms with van der Waals surface area (Å²) in [5.41, 5.74) is 6.65. The fraction of sp³-hybridized carbons (Fsp3) is 0.478. The first-order chi connectivity index (χ1) is 15.4. The molecule has 9 nitrogen and oxygen atoms in total. The standard InChI is InChI=1S/C23H30N6O3/c1-3-4-13-28-19-20(25-22(28)27-12-8-11-17(24)14-27)26(2)23(32)29(21(19)31)15-18(30)16-9-6-5-7-10-16/h3-7,9-10,17,19-20H,8,11-15,24H2,1-2H3/b4-3+/t17-,19?,20?/m1/s1. The number of rotatable bonds is 5. The summed E-state index contributed by atoms with van der Waals surface area (Å²) >= 11 is 0. The van der Waals surface area contributed by atoms with Crippen LogP contribution in [0.2, 0.25) is 0 Å². The highest BCUT2D eigenvalue weighted by Crippen LogP contribution is 2.30. The third-order valence-corrected chi connectivity index (χ3v) is 6.25. The highest BCUT2D eigenvalue weighted by molar-refractivity contribution is 6.08. The molecular weight excluding hydrogens is 408 g/mol. The molecule has 1 aromatic carbocycles. The van der Waals surface area contributed by atoms with Crippen molar-refractivity contribution in [3.05, 3.63) is 48.0 Å². The highest BCUT2D eigenvalue weighted by Gasteiger charge is 2.53. The monoisotopic (exact) mass is 438 g/mol. The smallest absolute Gasteiger partial charge is 0.328 e. The molecule has 2 unspecified atom stereocenters. The zero-order valence-corrected chi connectivity index (χ0v) is 18.6. The maximum Gasteiger partial charge on any atom is 0.328 e. The molecule has 3 atom stereocenters. The number of nitrogens with zero attached hydrogens (tertiary/aromatic N) is 5. The SMILES string of the molecule is C/C=C/CN1C(N2CCC[C@@H](N)C2)=NC2C1C(=O)N(CC(=O)c1ccccc1)C(=O)N2C. The number of urea groups is 1. The predicted molar refractivity (Wildman–Crippen MR) is 121 cm³/mol. The molecule has 0 radical (unpaired) electrons. The fourth-order valence-electron chi connectivity index (χ4n) is 4.54. The Bertz CT molecular complexity index is 946. The van der Waals surface area contributed by atoms with Crippen LogP contribution in [-0.2, 0) is 4.79 Å². The summed E-state index contributed by atoms with van der Waals surface area (Å²) in [5, 5.41) is 0. The van der Waals surface area contributed by atoms with E-state index in [1.165, 1.54) is 4.90 Å². The van der Waals surface area contributed by atoms with Crippen LogP contribution >= 0.6 is 0 Å². The summed E-state index contributed by atoms with van der Waals surface area (Å²) in [6.07, 6.45) is 5.17. The van der Waals surface area contributed by atoms with Crippen molar-refractivity contribution in [1.82, 2.24) is 19.6 Å². The Balaban J connectivity index is 1.62. The number of likely N-dealkylation sites (tertiary alicyclic amines) is 1. The average molecular weight is 439 g/mol. The number of ketones is 1. The lowest BCUT2D eigenvalue weighted by Gasteiger charge is -2.42. The van der Waals surface area contributed by atoms with E-state index in [2.05, 4.69) is 4.90 Å². The Labute approximate surface area is 188 Å². The average Bonchev–Trinajstić information content (AvgIpc) is 3.19. The quantitative estimate of drug-likeness (QED) is 0.546. The number of carbonyl (C=O) groups is 3. The van der Waals surface area contributed by atoms with Crippen molar-refractivity contribution < 1.29 is 14.4 Å². The van der Waals surface area contributed by atoms with Gasteiger partial charge in [-0.05, 0) is 19.8 Å². The number of fused-ring (bicyclic) bond motifs is 1. The van der Waals surface area contributed by atoms with Gasteiger partial charge in [0, 0.05) is 38.3 Å². The van der Waals surface area contributed by atoms with E-state index in [1.54, 1.807) is 31.3 Å². The molecule has 2 saturated heterocycles. The van der Waals surface area contributed by atoms with Crippen LogP contribution in [0.4, 0.5) is 4.79 Å². The summed E-state index contributed by atoms with van der Waals surface area (Å²) < 4.78 is 0. The van der Waals surface area contributed by atoms with Gasteiger partial charge in [0.1, 0.15) is 0 Å². The molecule has 0 bridgehead atoms. The van der Waals surface area contributed by atoms with Crippen molar-refractivity contribution in [3.63, 3.8) is 0 Å². The third-order valence-electron chi connectivity index (χ3n) is 6.25. The van der Waals surface area contributed by atoms with E-state index in [0.29, 0.717) is 24.6 Å². The molecule has 2 fully saturated rings. The molecule has 170 valence electrons. The minimum Gasteiger partial charge on any atom is -0.341 e. The fourth-order valence-corrected chi connectivity index (χ4v) is 4.54. The van der Waals surface area contributed by atoms with Crippen LogP contribution < -0.4 is 5.73 Å². The Morgan fingerprint density at radius 1 is 1.25 bits per heavy atom. The number of amides is 3. The van der Waals surface area contributed by atoms with Gasteiger partial charge in [-0.25, -0.2) is 9.79 Å². The van der Waals surface area contributed by atoms with Crippen LogP contribution in [0.3, 0.4) is 0 Å². The zero-order valence-electron chi connectivity index (χ0n) is 18.6. The van der Waals surface area contributed by atoms with Crippen molar-refractivity contribution in [3.8, 4) is 0 Å². The number of hydrogen-bond donors (Lipinski definition) is 1. The molecular formula is C23H30N6O3. The minimum atomic E-state index is -0.675. The summed E-state index contributed by atoms with van der Waals surface area (Å²) in [4.78, 5) is 50.7. The third kappa shape index (κ3) is 4.00. The number of piperidine rings is 1. The number of Topliss-reactive ketones (excluding diaryl/α,β-unsaturated/α-hetero) is 1. The molecule has 3 amide bonds. The molecule has 0 aromatic heterocycles. The maximum absolute atomic E-state index is 13.5. The zero-order chi connectivity index (χ0) is 22.8. The predicted octanol–water partition coefficient (Wildman–Crippen LogP) is 1.13. The number of imide groups is 1. The van der Waals surface area contributed by atoms with Gasteiger partial charge in [0.15, 0.2) is 24.0 Å². The van der Waals surface area contributed by atoms with Crippen LogP contribution in [-0.4, -0.2) is 94.8 Å². The van der Waals surface area contributed by atoms with Gasteiger partial charge in [-0.15, -0.1) is 0 Å². The van der Waals surface area contributed by atoms with Gasteiger partial charge in [0.25, 0.3) is 5.91 Å². The first-order valence-corrected chi connectivity index (χ1v) is 11.0. The number of guanidine groups is 1. The molecule has 9 heteroatoms. The van der Waals surface area contributed by atoms with E-state index < -0.39 is 24.1 Å². The summed E-state index contributed by atoms with van der Waals surface area (Å²) in [6.45, 7) is 3.57. The van der Waals surface area contributed by atoms with E-state index >= 15 is 0 Å². The van der Waals surface area contributed by atoms with E-state index in [1.807, 2.05) is 30.0 Å². The molecule has 32 heavy (non-hydrogen) atoms. The van der Waals surface area contributed by atoms with Gasteiger partial charge < -0.3 is 20.4 Å². The normalized spacial score (nSPS) is 26.1.